The zero-order valence-electron chi connectivity index (χ0n) is 5.75. The number of halogens is 1. The molecule has 1 aliphatic rings. The van der Waals surface area contributed by atoms with Crippen LogP contribution in [0.2, 0.25) is 0 Å². The van der Waals surface area contributed by atoms with Crippen LogP contribution >= 0.6 is 22.9 Å². The second-order valence-electron chi connectivity index (χ2n) is 2.48. The Morgan fingerprint density at radius 3 is 2.82 bits per heavy atom. The first-order valence-corrected chi connectivity index (χ1v) is 4.32. The average molecular weight is 259 g/mol. The molecule has 0 N–H and O–H groups in total. The molecule has 0 aromatic heterocycles. The van der Waals surface area contributed by atoms with E-state index in [9.17, 15) is 4.79 Å². The number of carbonyl (C=O) groups is 1. The molecule has 11 heavy (non-hydrogen) atoms. The minimum atomic E-state index is 0.173. The first kappa shape index (κ1) is 7.09. The lowest BCUT2D eigenvalue weighted by molar-refractivity contribution is -0.115. The summed E-state index contributed by atoms with van der Waals surface area (Å²) in [6.07, 6.45) is 0.555. The summed E-state index contributed by atoms with van der Waals surface area (Å²) in [5, 5.41) is 0. The van der Waals surface area contributed by atoms with Gasteiger partial charge in [0.1, 0.15) is 0 Å². The van der Waals surface area contributed by atoms with Crippen LogP contribution in [0.4, 0.5) is 5.69 Å². The van der Waals surface area contributed by atoms with Crippen LogP contribution in [0, 0.1) is 0 Å². The molecule has 1 heterocycles. The van der Waals surface area contributed by atoms with Crippen molar-refractivity contribution in [3.8, 4) is 0 Å². The van der Waals surface area contributed by atoms with Crippen LogP contribution in [0.1, 0.15) is 5.56 Å². The lowest BCUT2D eigenvalue weighted by Crippen LogP contribution is -2.13. The predicted octanol–water partition coefficient (Wildman–Crippen LogP) is 1.93. The van der Waals surface area contributed by atoms with Gasteiger partial charge in [0.05, 0.1) is 35.0 Å². The summed E-state index contributed by atoms with van der Waals surface area (Å²) in [4.78, 5) is 11.1. The van der Waals surface area contributed by atoms with Crippen molar-refractivity contribution in [1.82, 2.24) is 0 Å². The number of hydrogen-bond acceptors (Lipinski definition) is 1. The number of para-hydroxylation sites is 1. The van der Waals surface area contributed by atoms with Crippen LogP contribution in [0.5, 0.6) is 0 Å². The van der Waals surface area contributed by atoms with Gasteiger partial charge >= 0.3 is 0 Å². The lowest BCUT2D eigenvalue weighted by atomic mass is 10.2. The van der Waals surface area contributed by atoms with Crippen LogP contribution in [0.3, 0.4) is 0 Å². The van der Waals surface area contributed by atoms with E-state index in [2.05, 4.69) is 0 Å². The molecule has 1 amide bonds. The summed E-state index contributed by atoms with van der Waals surface area (Å²) in [6, 6.07) is 7.86. The van der Waals surface area contributed by atoms with E-state index < -0.39 is 0 Å². The number of hydrogen-bond donors (Lipinski definition) is 0. The number of amides is 1. The van der Waals surface area contributed by atoms with Gasteiger partial charge in [-0.2, -0.15) is 0 Å². The molecule has 0 saturated heterocycles. The Kier molecular flexibility index (Phi) is 1.60. The van der Waals surface area contributed by atoms with Crippen molar-refractivity contribution < 1.29 is 4.79 Å². The first-order chi connectivity index (χ1) is 5.29. The number of carbonyl (C=O) groups excluding carboxylic acids is 1. The van der Waals surface area contributed by atoms with Crippen molar-refractivity contribution in [2.24, 2.45) is 0 Å². The Morgan fingerprint density at radius 1 is 1.36 bits per heavy atom. The average Bonchev–Trinajstić information content (AvgIpc) is 2.30. The number of anilines is 1. The molecular weight excluding hydrogens is 253 g/mol. The van der Waals surface area contributed by atoms with Gasteiger partial charge < -0.3 is 0 Å². The highest BCUT2D eigenvalue weighted by atomic mass is 127. The molecule has 0 saturated carbocycles. The summed E-state index contributed by atoms with van der Waals surface area (Å²) >= 11 is 2.03. The molecule has 0 radical (unpaired) electrons. The van der Waals surface area contributed by atoms with Crippen molar-refractivity contribution >= 4 is 34.5 Å². The van der Waals surface area contributed by atoms with E-state index in [0.717, 1.165) is 11.3 Å². The summed E-state index contributed by atoms with van der Waals surface area (Å²) in [7, 11) is 0. The maximum absolute atomic E-state index is 11.1. The Hall–Kier alpha value is -0.580. The summed E-state index contributed by atoms with van der Waals surface area (Å²) in [5.74, 6) is 0.173. The van der Waals surface area contributed by atoms with Crippen LogP contribution in [-0.2, 0) is 11.2 Å². The number of rotatable bonds is 0. The topological polar surface area (TPSA) is 20.3 Å². The van der Waals surface area contributed by atoms with Crippen LogP contribution in [0.25, 0.3) is 0 Å². The van der Waals surface area contributed by atoms with Crippen molar-refractivity contribution in [2.75, 3.05) is 3.11 Å². The third-order valence-electron chi connectivity index (χ3n) is 1.76. The fraction of sp³-hybridized carbons (Fsp3) is 0.125. The maximum atomic E-state index is 11.1. The van der Waals surface area contributed by atoms with Crippen LogP contribution in [-0.4, -0.2) is 5.91 Å². The number of fused-ring (bicyclic) bond motifs is 1. The molecule has 1 aromatic carbocycles. The van der Waals surface area contributed by atoms with Crippen LogP contribution in [0.15, 0.2) is 24.3 Å². The molecule has 0 bridgehead atoms. The minimum absolute atomic E-state index is 0.173. The molecule has 0 aliphatic carbocycles. The Labute approximate surface area is 78.7 Å². The van der Waals surface area contributed by atoms with E-state index in [4.69, 9.17) is 0 Å². The smallest absolute Gasteiger partial charge is 0.240 e. The van der Waals surface area contributed by atoms with Gasteiger partial charge in [-0.05, 0) is 11.6 Å². The first-order valence-electron chi connectivity index (χ1n) is 3.35. The molecule has 1 aliphatic heterocycles. The van der Waals surface area contributed by atoms with Gasteiger partial charge in [-0.25, -0.2) is 0 Å². The number of benzene rings is 1. The van der Waals surface area contributed by atoms with Crippen LogP contribution < -0.4 is 3.11 Å². The standard InChI is InChI=1S/C8H6INO/c9-10-7-4-2-1-3-6(7)5-8(10)11/h1-4H,5H2. The minimum Gasteiger partial charge on any atom is -0.273 e. The lowest BCUT2D eigenvalue weighted by Gasteiger charge is -2.05. The molecule has 0 spiro atoms. The molecule has 0 atom stereocenters. The second-order valence-corrected chi connectivity index (χ2v) is 3.44. The Balaban J connectivity index is 2.55. The molecule has 0 fully saturated rings. The summed E-state index contributed by atoms with van der Waals surface area (Å²) in [6.45, 7) is 0. The summed E-state index contributed by atoms with van der Waals surface area (Å²) < 4.78 is 1.67. The van der Waals surface area contributed by atoms with Gasteiger partial charge in [-0.15, -0.1) is 0 Å². The fourth-order valence-electron chi connectivity index (χ4n) is 1.22. The summed E-state index contributed by atoms with van der Waals surface area (Å²) in [5.41, 5.74) is 2.17. The fourth-order valence-corrected chi connectivity index (χ4v) is 1.86. The molecule has 56 valence electrons. The normalized spacial score (nSPS) is 15.4. The largest absolute Gasteiger partial charge is 0.273 e. The zero-order chi connectivity index (χ0) is 7.84. The van der Waals surface area contributed by atoms with Crippen molar-refractivity contribution in [2.45, 2.75) is 6.42 Å². The predicted molar refractivity (Wildman–Crippen MR) is 51.7 cm³/mol. The Bertz CT molecular complexity index is 311. The zero-order valence-corrected chi connectivity index (χ0v) is 7.91. The molecule has 0 unspecified atom stereocenters. The van der Waals surface area contributed by atoms with Crippen molar-refractivity contribution in [3.63, 3.8) is 0 Å². The number of nitrogens with zero attached hydrogens (tertiary/aromatic N) is 1. The van der Waals surface area contributed by atoms with Crippen molar-refractivity contribution in [1.29, 1.82) is 0 Å². The highest BCUT2D eigenvalue weighted by molar-refractivity contribution is 14.1. The second kappa shape index (κ2) is 2.48. The van der Waals surface area contributed by atoms with Gasteiger partial charge in [-0.3, -0.25) is 7.91 Å². The van der Waals surface area contributed by atoms with E-state index in [1.165, 1.54) is 0 Å². The van der Waals surface area contributed by atoms with E-state index in [1.54, 1.807) is 3.11 Å². The van der Waals surface area contributed by atoms with E-state index in [0.29, 0.717) is 6.42 Å². The van der Waals surface area contributed by atoms with E-state index >= 15 is 0 Å². The third-order valence-corrected chi connectivity index (χ3v) is 2.82. The molecule has 3 heteroatoms. The van der Waals surface area contributed by atoms with Crippen molar-refractivity contribution in [3.05, 3.63) is 29.8 Å². The molecule has 1 aromatic rings. The third kappa shape index (κ3) is 1.03. The van der Waals surface area contributed by atoms with Gasteiger partial charge in [-0.1, -0.05) is 18.2 Å². The van der Waals surface area contributed by atoms with Gasteiger partial charge in [0.2, 0.25) is 5.91 Å². The highest BCUT2D eigenvalue weighted by Crippen LogP contribution is 2.30. The Morgan fingerprint density at radius 2 is 2.09 bits per heavy atom. The van der Waals surface area contributed by atoms with Gasteiger partial charge in [0.25, 0.3) is 0 Å². The molecular formula is C8H6INO. The molecule has 2 nitrogen and oxygen atoms in total. The highest BCUT2D eigenvalue weighted by Gasteiger charge is 2.24. The quantitative estimate of drug-likeness (QED) is 0.515. The van der Waals surface area contributed by atoms with Gasteiger partial charge in [0.15, 0.2) is 0 Å². The van der Waals surface area contributed by atoms with E-state index in [1.807, 2.05) is 47.1 Å². The monoisotopic (exact) mass is 259 g/mol. The SMILES string of the molecule is O=C1Cc2ccccc2N1I. The maximum Gasteiger partial charge on any atom is 0.240 e. The van der Waals surface area contributed by atoms with Gasteiger partial charge in [0, 0.05) is 0 Å². The van der Waals surface area contributed by atoms with E-state index in [-0.39, 0.29) is 5.91 Å². The molecule has 2 rings (SSSR count).